The number of aromatic nitrogens is 3. The highest BCUT2D eigenvalue weighted by molar-refractivity contribution is 5.86. The quantitative estimate of drug-likeness (QED) is 0.760. The lowest BCUT2D eigenvalue weighted by molar-refractivity contribution is 0.0593. The fourth-order valence-electron chi connectivity index (χ4n) is 1.51. The molecule has 0 saturated heterocycles. The molecule has 2 aromatic heterocycles. The summed E-state index contributed by atoms with van der Waals surface area (Å²) >= 11 is 0. The maximum Gasteiger partial charge on any atom is 0.358 e. The second-order valence-electron chi connectivity index (χ2n) is 3.75. The molecule has 0 fully saturated rings. The molecule has 2 aromatic rings. The van der Waals surface area contributed by atoms with Gasteiger partial charge >= 0.3 is 5.97 Å². The first-order valence-corrected chi connectivity index (χ1v) is 5.57. The maximum atomic E-state index is 11.2. The van der Waals surface area contributed by atoms with Crippen LogP contribution in [0.3, 0.4) is 0 Å². The third kappa shape index (κ3) is 3.10. The summed E-state index contributed by atoms with van der Waals surface area (Å²) in [5.41, 5.74) is 2.21. The number of nitrogens with zero attached hydrogens (tertiary/aromatic N) is 3. The number of carbonyl (C=O) groups is 1. The molecule has 5 nitrogen and oxygen atoms in total. The lowest BCUT2D eigenvalue weighted by Crippen LogP contribution is -2.06. The molecular formula is C13H13N3O2. The molecule has 0 aromatic carbocycles. The summed E-state index contributed by atoms with van der Waals surface area (Å²) in [6.45, 7) is 0. The van der Waals surface area contributed by atoms with Crippen molar-refractivity contribution in [2.45, 2.75) is 12.8 Å². The Balaban J connectivity index is 1.97. The summed E-state index contributed by atoms with van der Waals surface area (Å²) in [4.78, 5) is 23.4. The number of rotatable bonds is 4. The van der Waals surface area contributed by atoms with Gasteiger partial charge in [0.15, 0.2) is 5.69 Å². The van der Waals surface area contributed by atoms with Crippen molar-refractivity contribution in [3.8, 4) is 0 Å². The monoisotopic (exact) mass is 243 g/mol. The first-order valence-electron chi connectivity index (χ1n) is 5.57. The third-order valence-corrected chi connectivity index (χ3v) is 2.49. The van der Waals surface area contributed by atoms with Crippen LogP contribution < -0.4 is 0 Å². The van der Waals surface area contributed by atoms with Crippen LogP contribution in [0.25, 0.3) is 0 Å². The van der Waals surface area contributed by atoms with Crippen molar-refractivity contribution in [1.29, 1.82) is 0 Å². The average Bonchev–Trinajstić information content (AvgIpc) is 2.46. The van der Waals surface area contributed by atoms with Crippen molar-refractivity contribution in [3.05, 3.63) is 53.9 Å². The lowest BCUT2D eigenvalue weighted by atomic mass is 10.1. The SMILES string of the molecule is COC(=O)c1cnc(CCc2cccnc2)cn1. The van der Waals surface area contributed by atoms with Crippen molar-refractivity contribution in [1.82, 2.24) is 15.0 Å². The summed E-state index contributed by atoms with van der Waals surface area (Å²) < 4.78 is 4.56. The van der Waals surface area contributed by atoms with Crippen LogP contribution in [0.5, 0.6) is 0 Å². The third-order valence-electron chi connectivity index (χ3n) is 2.49. The van der Waals surface area contributed by atoms with Crippen molar-refractivity contribution >= 4 is 5.97 Å². The zero-order valence-corrected chi connectivity index (χ0v) is 10.0. The van der Waals surface area contributed by atoms with Gasteiger partial charge in [-0.25, -0.2) is 9.78 Å². The molecule has 0 radical (unpaired) electrons. The molecule has 5 heteroatoms. The molecule has 0 N–H and O–H groups in total. The topological polar surface area (TPSA) is 65.0 Å². The van der Waals surface area contributed by atoms with Crippen LogP contribution in [0.15, 0.2) is 36.9 Å². The number of esters is 1. The van der Waals surface area contributed by atoms with E-state index in [1.807, 2.05) is 18.3 Å². The Kier molecular flexibility index (Phi) is 3.96. The van der Waals surface area contributed by atoms with Crippen LogP contribution in [0.2, 0.25) is 0 Å². The smallest absolute Gasteiger partial charge is 0.358 e. The standard InChI is InChI=1S/C13H13N3O2/c1-18-13(17)12-9-15-11(8-16-12)5-4-10-3-2-6-14-7-10/h2-3,6-9H,4-5H2,1H3. The fourth-order valence-corrected chi connectivity index (χ4v) is 1.51. The van der Waals surface area contributed by atoms with Crippen LogP contribution in [-0.4, -0.2) is 28.0 Å². The summed E-state index contributed by atoms with van der Waals surface area (Å²) in [6, 6.07) is 3.92. The van der Waals surface area contributed by atoms with Crippen molar-refractivity contribution in [3.63, 3.8) is 0 Å². The van der Waals surface area contributed by atoms with Gasteiger partial charge in [-0.3, -0.25) is 9.97 Å². The molecule has 0 bridgehead atoms. The van der Waals surface area contributed by atoms with E-state index in [1.165, 1.54) is 13.3 Å². The predicted molar refractivity (Wildman–Crippen MR) is 65.0 cm³/mol. The summed E-state index contributed by atoms with van der Waals surface area (Å²) in [5.74, 6) is -0.471. The van der Waals surface area contributed by atoms with Crippen LogP contribution in [0.1, 0.15) is 21.7 Å². The van der Waals surface area contributed by atoms with Crippen LogP contribution in [0, 0.1) is 0 Å². The number of ether oxygens (including phenoxy) is 1. The van der Waals surface area contributed by atoms with E-state index in [1.54, 1.807) is 12.4 Å². The van der Waals surface area contributed by atoms with E-state index in [4.69, 9.17) is 0 Å². The van der Waals surface area contributed by atoms with E-state index in [9.17, 15) is 4.79 Å². The van der Waals surface area contributed by atoms with Gasteiger partial charge in [-0.2, -0.15) is 0 Å². The average molecular weight is 243 g/mol. The lowest BCUT2D eigenvalue weighted by Gasteiger charge is -2.02. The number of methoxy groups -OCH3 is 1. The van der Waals surface area contributed by atoms with Gasteiger partial charge in [0, 0.05) is 18.6 Å². The second kappa shape index (κ2) is 5.86. The van der Waals surface area contributed by atoms with Gasteiger partial charge in [0.25, 0.3) is 0 Å². The Morgan fingerprint density at radius 1 is 1.22 bits per heavy atom. The Hall–Kier alpha value is -2.30. The Bertz CT molecular complexity index is 512. The number of carbonyl (C=O) groups excluding carboxylic acids is 1. The van der Waals surface area contributed by atoms with E-state index < -0.39 is 5.97 Å². The second-order valence-corrected chi connectivity index (χ2v) is 3.75. The van der Waals surface area contributed by atoms with Gasteiger partial charge in [-0.1, -0.05) is 6.07 Å². The zero-order valence-electron chi connectivity index (χ0n) is 10.0. The molecule has 0 atom stereocenters. The largest absolute Gasteiger partial charge is 0.464 e. The number of hydrogen-bond donors (Lipinski definition) is 0. The summed E-state index contributed by atoms with van der Waals surface area (Å²) in [5, 5.41) is 0. The zero-order chi connectivity index (χ0) is 12.8. The van der Waals surface area contributed by atoms with E-state index in [0.717, 1.165) is 24.1 Å². The van der Waals surface area contributed by atoms with Gasteiger partial charge in [-0.15, -0.1) is 0 Å². The predicted octanol–water partition coefficient (Wildman–Crippen LogP) is 1.44. The van der Waals surface area contributed by atoms with Crippen molar-refractivity contribution in [2.75, 3.05) is 7.11 Å². The van der Waals surface area contributed by atoms with Gasteiger partial charge in [-0.05, 0) is 24.5 Å². The van der Waals surface area contributed by atoms with Gasteiger partial charge in [0.1, 0.15) is 0 Å². The molecule has 0 spiro atoms. The Morgan fingerprint density at radius 3 is 2.72 bits per heavy atom. The van der Waals surface area contributed by atoms with Crippen molar-refractivity contribution < 1.29 is 9.53 Å². The molecule has 18 heavy (non-hydrogen) atoms. The number of hydrogen-bond acceptors (Lipinski definition) is 5. The molecule has 0 aliphatic carbocycles. The van der Waals surface area contributed by atoms with Crippen LogP contribution in [-0.2, 0) is 17.6 Å². The van der Waals surface area contributed by atoms with E-state index in [-0.39, 0.29) is 5.69 Å². The van der Waals surface area contributed by atoms with Crippen LogP contribution in [0.4, 0.5) is 0 Å². The maximum absolute atomic E-state index is 11.2. The number of aryl methyl sites for hydroxylation is 2. The molecule has 0 aliphatic heterocycles. The molecular weight excluding hydrogens is 230 g/mol. The molecule has 2 rings (SSSR count). The van der Waals surface area contributed by atoms with Gasteiger partial charge in [0.2, 0.25) is 0 Å². The molecule has 0 unspecified atom stereocenters. The van der Waals surface area contributed by atoms with Crippen LogP contribution >= 0.6 is 0 Å². The first kappa shape index (κ1) is 12.2. The Morgan fingerprint density at radius 2 is 2.11 bits per heavy atom. The van der Waals surface area contributed by atoms with E-state index in [0.29, 0.717) is 0 Å². The molecule has 0 amide bonds. The Labute approximate surface area is 105 Å². The highest BCUT2D eigenvalue weighted by Gasteiger charge is 2.07. The van der Waals surface area contributed by atoms with E-state index >= 15 is 0 Å². The normalized spacial score (nSPS) is 10.1. The summed E-state index contributed by atoms with van der Waals surface area (Å²) in [7, 11) is 1.32. The highest BCUT2D eigenvalue weighted by atomic mass is 16.5. The number of pyridine rings is 1. The van der Waals surface area contributed by atoms with Gasteiger partial charge < -0.3 is 4.74 Å². The fraction of sp³-hybridized carbons (Fsp3) is 0.231. The molecule has 0 saturated carbocycles. The van der Waals surface area contributed by atoms with E-state index in [2.05, 4.69) is 19.7 Å². The van der Waals surface area contributed by atoms with Gasteiger partial charge in [0.05, 0.1) is 19.0 Å². The van der Waals surface area contributed by atoms with Crippen molar-refractivity contribution in [2.24, 2.45) is 0 Å². The first-order chi connectivity index (χ1) is 8.79. The molecule has 92 valence electrons. The molecule has 0 aliphatic rings. The minimum absolute atomic E-state index is 0.225. The minimum atomic E-state index is -0.471. The minimum Gasteiger partial charge on any atom is -0.464 e. The summed E-state index contributed by atoms with van der Waals surface area (Å²) in [6.07, 6.45) is 8.22. The highest BCUT2D eigenvalue weighted by Crippen LogP contribution is 2.04. The molecule has 2 heterocycles.